The molecule has 1 aromatic rings. The maximum Gasteiger partial charge on any atom is 0.223 e. The summed E-state index contributed by atoms with van der Waals surface area (Å²) in [7, 11) is 0. The number of hydrogen-bond acceptors (Lipinski definition) is 4. The summed E-state index contributed by atoms with van der Waals surface area (Å²) in [5.74, 6) is 1.20. The van der Waals surface area contributed by atoms with Crippen LogP contribution >= 0.6 is 0 Å². The van der Waals surface area contributed by atoms with Gasteiger partial charge in [-0.2, -0.15) is 0 Å². The monoisotopic (exact) mass is 248 g/mol. The van der Waals surface area contributed by atoms with Crippen LogP contribution in [-0.4, -0.2) is 23.1 Å². The largest absolute Gasteiger partial charge is 0.354 e. The van der Waals surface area contributed by atoms with Gasteiger partial charge in [-0.1, -0.05) is 13.8 Å². The minimum atomic E-state index is 0.417. The number of aryl methyl sites for hydroxylation is 1. The Morgan fingerprint density at radius 3 is 2.67 bits per heavy atom. The van der Waals surface area contributed by atoms with Gasteiger partial charge >= 0.3 is 0 Å². The zero-order valence-corrected chi connectivity index (χ0v) is 11.7. The van der Waals surface area contributed by atoms with Gasteiger partial charge in [0.2, 0.25) is 5.95 Å². The van der Waals surface area contributed by atoms with E-state index < -0.39 is 0 Å². The molecule has 2 rings (SSSR count). The molecule has 0 bridgehead atoms. The first-order chi connectivity index (χ1) is 8.54. The van der Waals surface area contributed by atoms with Crippen LogP contribution in [0.3, 0.4) is 0 Å². The molecule has 1 heterocycles. The topological polar surface area (TPSA) is 63.8 Å². The number of nitrogens with two attached hydrogens (primary N) is 1. The quantitative estimate of drug-likeness (QED) is 0.811. The molecule has 0 aliphatic heterocycles. The summed E-state index contributed by atoms with van der Waals surface area (Å²) in [5.41, 5.74) is 8.20. The molecule has 4 heteroatoms. The highest BCUT2D eigenvalue weighted by molar-refractivity contribution is 5.30. The Bertz CT molecular complexity index is 410. The van der Waals surface area contributed by atoms with Crippen molar-refractivity contribution in [3.8, 4) is 0 Å². The van der Waals surface area contributed by atoms with Gasteiger partial charge in [-0.05, 0) is 50.1 Å². The molecular weight excluding hydrogens is 224 g/mol. The van der Waals surface area contributed by atoms with Gasteiger partial charge in [0.15, 0.2) is 0 Å². The fraction of sp³-hybridized carbons (Fsp3) is 0.714. The number of rotatable bonds is 6. The number of hydrogen-bond donors (Lipinski definition) is 2. The summed E-state index contributed by atoms with van der Waals surface area (Å²) in [6.45, 7) is 8.05. The van der Waals surface area contributed by atoms with Crippen molar-refractivity contribution < 1.29 is 0 Å². The number of nitrogens with one attached hydrogen (secondary N) is 1. The van der Waals surface area contributed by atoms with Gasteiger partial charge in [-0.15, -0.1) is 0 Å². The molecule has 0 amide bonds. The molecule has 0 radical (unpaired) electrons. The molecular formula is C14H24N4. The lowest BCUT2D eigenvalue weighted by molar-refractivity contribution is 0.499. The fourth-order valence-electron chi connectivity index (χ4n) is 2.23. The average Bonchev–Trinajstić information content (AvgIpc) is 3.07. The van der Waals surface area contributed by atoms with Gasteiger partial charge in [0.1, 0.15) is 0 Å². The van der Waals surface area contributed by atoms with Crippen LogP contribution in [0.2, 0.25) is 0 Å². The molecule has 1 fully saturated rings. The second kappa shape index (κ2) is 5.22. The minimum Gasteiger partial charge on any atom is -0.354 e. The first kappa shape index (κ1) is 13.3. The van der Waals surface area contributed by atoms with E-state index in [1.54, 1.807) is 0 Å². The van der Waals surface area contributed by atoms with Crippen LogP contribution in [0.4, 0.5) is 5.95 Å². The van der Waals surface area contributed by atoms with Crippen molar-refractivity contribution in [2.75, 3.05) is 18.4 Å². The van der Waals surface area contributed by atoms with Crippen LogP contribution in [0.1, 0.15) is 50.4 Å². The van der Waals surface area contributed by atoms with Crippen LogP contribution in [0.25, 0.3) is 0 Å². The molecule has 0 aromatic carbocycles. The molecule has 0 spiro atoms. The Labute approximate surface area is 109 Å². The van der Waals surface area contributed by atoms with Crippen LogP contribution in [0.5, 0.6) is 0 Å². The van der Waals surface area contributed by atoms with Crippen molar-refractivity contribution in [1.29, 1.82) is 0 Å². The van der Waals surface area contributed by atoms with Crippen molar-refractivity contribution in [1.82, 2.24) is 9.97 Å². The Hall–Kier alpha value is -1.16. The lowest BCUT2D eigenvalue weighted by Crippen LogP contribution is -2.20. The molecule has 1 aromatic heterocycles. The second-order valence-corrected chi connectivity index (χ2v) is 5.80. The van der Waals surface area contributed by atoms with E-state index in [2.05, 4.69) is 35.2 Å². The summed E-state index contributed by atoms with van der Waals surface area (Å²) < 4.78 is 0. The third-order valence-electron chi connectivity index (χ3n) is 3.72. The van der Waals surface area contributed by atoms with E-state index in [0.29, 0.717) is 11.3 Å². The second-order valence-electron chi connectivity index (χ2n) is 5.80. The number of anilines is 1. The van der Waals surface area contributed by atoms with Crippen molar-refractivity contribution in [3.05, 3.63) is 17.5 Å². The van der Waals surface area contributed by atoms with Crippen LogP contribution in [0.15, 0.2) is 6.07 Å². The normalized spacial score (nSPS) is 16.9. The van der Waals surface area contributed by atoms with Crippen LogP contribution in [0, 0.1) is 12.3 Å². The molecule has 0 atom stereocenters. The third-order valence-corrected chi connectivity index (χ3v) is 3.72. The van der Waals surface area contributed by atoms with Crippen molar-refractivity contribution in [2.24, 2.45) is 11.1 Å². The van der Waals surface area contributed by atoms with Crippen molar-refractivity contribution >= 4 is 5.95 Å². The molecule has 1 aliphatic rings. The zero-order valence-electron chi connectivity index (χ0n) is 11.7. The summed E-state index contributed by atoms with van der Waals surface area (Å²) in [6.07, 6.45) is 3.66. The SMILES string of the molecule is Cc1cc(C(C)C)nc(NCC2(CCN)CC2)n1. The highest BCUT2D eigenvalue weighted by Gasteiger charge is 2.41. The predicted octanol–water partition coefficient (Wildman–Crippen LogP) is 2.45. The lowest BCUT2D eigenvalue weighted by Gasteiger charge is -2.16. The van der Waals surface area contributed by atoms with E-state index in [9.17, 15) is 0 Å². The number of nitrogens with zero attached hydrogens (tertiary/aromatic N) is 2. The van der Waals surface area contributed by atoms with E-state index >= 15 is 0 Å². The molecule has 0 unspecified atom stereocenters. The summed E-state index contributed by atoms with van der Waals surface area (Å²) >= 11 is 0. The van der Waals surface area contributed by atoms with Gasteiger partial charge in [0, 0.05) is 17.9 Å². The van der Waals surface area contributed by atoms with E-state index in [1.165, 1.54) is 12.8 Å². The van der Waals surface area contributed by atoms with Crippen molar-refractivity contribution in [3.63, 3.8) is 0 Å². The van der Waals surface area contributed by atoms with Gasteiger partial charge in [-0.3, -0.25) is 0 Å². The Morgan fingerprint density at radius 2 is 2.11 bits per heavy atom. The molecule has 4 nitrogen and oxygen atoms in total. The fourth-order valence-corrected chi connectivity index (χ4v) is 2.23. The minimum absolute atomic E-state index is 0.417. The van der Waals surface area contributed by atoms with E-state index in [4.69, 9.17) is 5.73 Å². The average molecular weight is 248 g/mol. The third kappa shape index (κ3) is 3.19. The van der Waals surface area contributed by atoms with Crippen LogP contribution in [-0.2, 0) is 0 Å². The van der Waals surface area contributed by atoms with Crippen LogP contribution < -0.4 is 11.1 Å². The van der Waals surface area contributed by atoms with Crippen molar-refractivity contribution in [2.45, 2.75) is 46.0 Å². The molecule has 0 saturated heterocycles. The number of aromatic nitrogens is 2. The van der Waals surface area contributed by atoms with Gasteiger partial charge in [0.05, 0.1) is 0 Å². The molecule has 18 heavy (non-hydrogen) atoms. The first-order valence-electron chi connectivity index (χ1n) is 6.84. The molecule has 1 saturated carbocycles. The summed E-state index contributed by atoms with van der Waals surface area (Å²) in [4.78, 5) is 9.02. The Balaban J connectivity index is 2.01. The smallest absolute Gasteiger partial charge is 0.223 e. The summed E-state index contributed by atoms with van der Waals surface area (Å²) in [5, 5.41) is 3.39. The Morgan fingerprint density at radius 1 is 1.39 bits per heavy atom. The van der Waals surface area contributed by atoms with E-state index in [1.807, 2.05) is 6.92 Å². The molecule has 1 aliphatic carbocycles. The lowest BCUT2D eigenvalue weighted by atomic mass is 10.0. The Kier molecular flexibility index (Phi) is 3.85. The molecule has 3 N–H and O–H groups in total. The highest BCUT2D eigenvalue weighted by Crippen LogP contribution is 2.48. The maximum absolute atomic E-state index is 5.65. The predicted molar refractivity (Wildman–Crippen MR) is 74.7 cm³/mol. The van der Waals surface area contributed by atoms with Gasteiger partial charge in [-0.25, -0.2) is 9.97 Å². The van der Waals surface area contributed by atoms with Gasteiger partial charge in [0.25, 0.3) is 0 Å². The van der Waals surface area contributed by atoms with Gasteiger partial charge < -0.3 is 11.1 Å². The maximum atomic E-state index is 5.65. The molecule has 100 valence electrons. The highest BCUT2D eigenvalue weighted by atomic mass is 15.1. The summed E-state index contributed by atoms with van der Waals surface area (Å²) in [6, 6.07) is 2.06. The standard InChI is InChI=1S/C14H24N4/c1-10(2)12-8-11(3)17-13(18-12)16-9-14(4-5-14)6-7-15/h8,10H,4-7,9,15H2,1-3H3,(H,16,17,18). The zero-order chi connectivity index (χ0) is 13.2. The van der Waals surface area contributed by atoms with E-state index in [-0.39, 0.29) is 0 Å². The first-order valence-corrected chi connectivity index (χ1v) is 6.84. The van der Waals surface area contributed by atoms with E-state index in [0.717, 1.165) is 36.8 Å².